The third-order valence-electron chi connectivity index (χ3n) is 6.71. The summed E-state index contributed by atoms with van der Waals surface area (Å²) in [5, 5.41) is 0. The number of halogens is 2. The Morgan fingerprint density at radius 2 is 1.10 bits per heavy atom. The minimum absolute atomic E-state index is 0.360. The zero-order chi connectivity index (χ0) is 27.8. The van der Waals surface area contributed by atoms with Crippen LogP contribution in [-0.4, -0.2) is 29.5 Å². The molecule has 0 unspecified atom stereocenters. The van der Waals surface area contributed by atoms with Gasteiger partial charge >= 0.3 is 0 Å². The Labute approximate surface area is 233 Å². The summed E-state index contributed by atoms with van der Waals surface area (Å²) in [6.45, 7) is 0. The van der Waals surface area contributed by atoms with Gasteiger partial charge in [0.2, 0.25) is 0 Å². The average Bonchev–Trinajstić information content (AvgIpc) is 3.41. The van der Waals surface area contributed by atoms with E-state index in [2.05, 4.69) is 14.5 Å². The van der Waals surface area contributed by atoms with E-state index >= 15 is 0 Å². The van der Waals surface area contributed by atoms with Gasteiger partial charge < -0.3 is 0 Å². The topological polar surface area (TPSA) is 69.4 Å². The molecule has 0 bridgehead atoms. The van der Waals surface area contributed by atoms with Crippen LogP contribution in [0, 0.1) is 11.6 Å². The van der Waals surface area contributed by atoms with Gasteiger partial charge in [0.15, 0.2) is 17.5 Å². The molecule has 0 saturated heterocycles. The molecule has 4 aromatic carbocycles. The number of aromatic nitrogens is 6. The maximum absolute atomic E-state index is 13.7. The van der Waals surface area contributed by atoms with Crippen molar-refractivity contribution in [3.8, 4) is 51.2 Å². The maximum atomic E-state index is 13.7. The minimum atomic E-state index is -0.360. The highest BCUT2D eigenvalue weighted by atomic mass is 19.1. The van der Waals surface area contributed by atoms with Crippen LogP contribution in [0.2, 0.25) is 0 Å². The SMILES string of the molecule is Fc1ccc(-c2nc(-c3ccc(F)cc3)nc(-c3ccccc3-c3nc4ccccc4n3-c3cccnc3)n2)cc1. The van der Waals surface area contributed by atoms with Crippen molar-refractivity contribution >= 4 is 11.0 Å². The minimum Gasteiger partial charge on any atom is -0.291 e. The van der Waals surface area contributed by atoms with E-state index < -0.39 is 0 Å². The number of hydrogen-bond donors (Lipinski definition) is 0. The van der Waals surface area contributed by atoms with E-state index in [0.717, 1.165) is 27.8 Å². The predicted molar refractivity (Wildman–Crippen MR) is 154 cm³/mol. The molecule has 196 valence electrons. The molecule has 41 heavy (non-hydrogen) atoms. The molecule has 0 radical (unpaired) electrons. The summed E-state index contributed by atoms with van der Waals surface area (Å²) in [6.07, 6.45) is 3.53. The monoisotopic (exact) mass is 538 g/mol. The van der Waals surface area contributed by atoms with Gasteiger partial charge in [0.25, 0.3) is 0 Å². The smallest absolute Gasteiger partial charge is 0.164 e. The lowest BCUT2D eigenvalue weighted by molar-refractivity contribution is 0.627. The van der Waals surface area contributed by atoms with Crippen molar-refractivity contribution in [2.75, 3.05) is 0 Å². The second-order valence-electron chi connectivity index (χ2n) is 9.34. The summed E-state index contributed by atoms with van der Waals surface area (Å²) in [5.41, 5.74) is 5.39. The van der Waals surface area contributed by atoms with Gasteiger partial charge in [0, 0.05) is 28.5 Å². The van der Waals surface area contributed by atoms with Crippen LogP contribution in [-0.2, 0) is 0 Å². The van der Waals surface area contributed by atoms with Crippen LogP contribution in [0.1, 0.15) is 0 Å². The molecule has 0 spiro atoms. The van der Waals surface area contributed by atoms with E-state index in [1.54, 1.807) is 36.7 Å². The van der Waals surface area contributed by atoms with Crippen molar-refractivity contribution in [3.63, 3.8) is 0 Å². The second-order valence-corrected chi connectivity index (χ2v) is 9.34. The molecule has 7 aromatic rings. The third-order valence-corrected chi connectivity index (χ3v) is 6.71. The van der Waals surface area contributed by atoms with E-state index in [1.807, 2.05) is 60.7 Å². The average molecular weight is 539 g/mol. The molecular formula is C33H20F2N6. The number of benzene rings is 4. The van der Waals surface area contributed by atoms with Crippen LogP contribution in [0.15, 0.2) is 122 Å². The van der Waals surface area contributed by atoms with Crippen molar-refractivity contribution in [1.29, 1.82) is 0 Å². The fraction of sp³-hybridized carbons (Fsp3) is 0. The van der Waals surface area contributed by atoms with Gasteiger partial charge in [0.1, 0.15) is 17.5 Å². The first-order chi connectivity index (χ1) is 20.1. The summed E-state index contributed by atoms with van der Waals surface area (Å²) in [5.74, 6) is 1.11. The van der Waals surface area contributed by atoms with Gasteiger partial charge in [-0.15, -0.1) is 0 Å². The van der Waals surface area contributed by atoms with Crippen molar-refractivity contribution in [2.45, 2.75) is 0 Å². The molecule has 3 heterocycles. The van der Waals surface area contributed by atoms with Crippen molar-refractivity contribution < 1.29 is 8.78 Å². The molecule has 8 heteroatoms. The third kappa shape index (κ3) is 4.61. The van der Waals surface area contributed by atoms with Gasteiger partial charge in [-0.3, -0.25) is 9.55 Å². The highest BCUT2D eigenvalue weighted by Crippen LogP contribution is 2.35. The Balaban J connectivity index is 1.48. The van der Waals surface area contributed by atoms with Crippen LogP contribution in [0.3, 0.4) is 0 Å². The second kappa shape index (κ2) is 10.2. The predicted octanol–water partition coefficient (Wildman–Crippen LogP) is 7.55. The lowest BCUT2D eigenvalue weighted by Gasteiger charge is -2.13. The molecule has 7 rings (SSSR count). The largest absolute Gasteiger partial charge is 0.291 e. The number of pyridine rings is 1. The van der Waals surface area contributed by atoms with Crippen LogP contribution in [0.5, 0.6) is 0 Å². The number of rotatable bonds is 5. The lowest BCUT2D eigenvalue weighted by Crippen LogP contribution is -2.03. The molecule has 6 nitrogen and oxygen atoms in total. The summed E-state index contributed by atoms with van der Waals surface area (Å²) in [7, 11) is 0. The fourth-order valence-corrected chi connectivity index (χ4v) is 4.78. The van der Waals surface area contributed by atoms with Crippen molar-refractivity contribution in [3.05, 3.63) is 133 Å². The fourth-order valence-electron chi connectivity index (χ4n) is 4.78. The first kappa shape index (κ1) is 24.4. The zero-order valence-electron chi connectivity index (χ0n) is 21.5. The Morgan fingerprint density at radius 3 is 1.73 bits per heavy atom. The van der Waals surface area contributed by atoms with E-state index in [-0.39, 0.29) is 11.6 Å². The summed E-state index contributed by atoms with van der Waals surface area (Å²) in [4.78, 5) is 23.6. The number of nitrogens with zero attached hydrogens (tertiary/aromatic N) is 6. The molecule has 0 aliphatic heterocycles. The summed E-state index contributed by atoms with van der Waals surface area (Å²) in [6, 6.07) is 31.5. The molecule has 0 amide bonds. The highest BCUT2D eigenvalue weighted by Gasteiger charge is 2.20. The summed E-state index contributed by atoms with van der Waals surface area (Å²) >= 11 is 0. The van der Waals surface area contributed by atoms with Gasteiger partial charge in [-0.2, -0.15) is 0 Å². The number of para-hydroxylation sites is 2. The zero-order valence-corrected chi connectivity index (χ0v) is 21.5. The molecule has 3 aromatic heterocycles. The van der Waals surface area contributed by atoms with E-state index in [4.69, 9.17) is 15.0 Å². The van der Waals surface area contributed by atoms with Crippen molar-refractivity contribution in [1.82, 2.24) is 29.5 Å². The Bertz CT molecular complexity index is 1940. The van der Waals surface area contributed by atoms with Crippen LogP contribution in [0.25, 0.3) is 62.3 Å². The van der Waals surface area contributed by atoms with Crippen LogP contribution >= 0.6 is 0 Å². The molecule has 0 fully saturated rings. The van der Waals surface area contributed by atoms with Crippen LogP contribution < -0.4 is 0 Å². The van der Waals surface area contributed by atoms with Gasteiger partial charge in [-0.1, -0.05) is 36.4 Å². The Hall–Kier alpha value is -5.63. The normalized spacial score (nSPS) is 11.2. The maximum Gasteiger partial charge on any atom is 0.164 e. The highest BCUT2D eigenvalue weighted by molar-refractivity contribution is 5.87. The quantitative estimate of drug-likeness (QED) is 0.226. The van der Waals surface area contributed by atoms with E-state index in [0.29, 0.717) is 34.4 Å². The van der Waals surface area contributed by atoms with Gasteiger partial charge in [0.05, 0.1) is 22.9 Å². The Kier molecular flexibility index (Phi) is 6.05. The first-order valence-corrected chi connectivity index (χ1v) is 12.9. The molecule has 0 saturated carbocycles. The Morgan fingerprint density at radius 1 is 0.512 bits per heavy atom. The number of fused-ring (bicyclic) bond motifs is 1. The van der Waals surface area contributed by atoms with Gasteiger partial charge in [-0.25, -0.2) is 28.7 Å². The van der Waals surface area contributed by atoms with E-state index in [1.165, 1.54) is 24.3 Å². The number of imidazole rings is 1. The standard InChI is InChI=1S/C33H20F2N6/c34-23-15-11-21(12-16-23)30-38-31(22-13-17-24(35)18-14-22)40-32(39-30)26-7-1-2-8-27(26)33-37-28-9-3-4-10-29(28)41(33)25-6-5-19-36-20-25/h1-20H. The van der Waals surface area contributed by atoms with Crippen LogP contribution in [0.4, 0.5) is 8.78 Å². The molecular weight excluding hydrogens is 518 g/mol. The first-order valence-electron chi connectivity index (χ1n) is 12.9. The lowest BCUT2D eigenvalue weighted by atomic mass is 10.1. The summed E-state index contributed by atoms with van der Waals surface area (Å²) < 4.78 is 29.5. The van der Waals surface area contributed by atoms with Crippen molar-refractivity contribution in [2.24, 2.45) is 0 Å². The molecule has 0 aliphatic carbocycles. The van der Waals surface area contributed by atoms with E-state index in [9.17, 15) is 8.78 Å². The molecule has 0 atom stereocenters. The molecule has 0 N–H and O–H groups in total. The number of hydrogen-bond acceptors (Lipinski definition) is 5. The van der Waals surface area contributed by atoms with Gasteiger partial charge in [-0.05, 0) is 72.8 Å². The molecule has 0 aliphatic rings.